The Morgan fingerprint density at radius 2 is 2.11 bits per heavy atom. The first-order valence-corrected chi connectivity index (χ1v) is 6.29. The van der Waals surface area contributed by atoms with Crippen LogP contribution in [0.5, 0.6) is 0 Å². The van der Waals surface area contributed by atoms with Crippen molar-refractivity contribution in [3.05, 3.63) is 41.6 Å². The minimum atomic E-state index is -0.846. The molecule has 94 valence electrons. The van der Waals surface area contributed by atoms with Gasteiger partial charge in [-0.15, -0.1) is 0 Å². The lowest BCUT2D eigenvalue weighted by atomic mass is 10.1. The molecule has 0 aliphatic rings. The van der Waals surface area contributed by atoms with Gasteiger partial charge in [0.15, 0.2) is 0 Å². The van der Waals surface area contributed by atoms with Gasteiger partial charge in [-0.3, -0.25) is 9.78 Å². The van der Waals surface area contributed by atoms with Gasteiger partial charge in [-0.25, -0.2) is 0 Å². The summed E-state index contributed by atoms with van der Waals surface area (Å²) in [5.41, 5.74) is 2.79. The maximum Gasteiger partial charge on any atom is 0.309 e. The van der Waals surface area contributed by atoms with Gasteiger partial charge >= 0.3 is 5.97 Å². The number of aliphatic carboxylic acids is 1. The van der Waals surface area contributed by atoms with E-state index in [2.05, 4.69) is 24.0 Å². The highest BCUT2D eigenvalue weighted by atomic mass is 16.4. The number of benzene rings is 1. The number of carbonyl (C=O) groups is 1. The van der Waals surface area contributed by atoms with Crippen LogP contribution in [0.2, 0.25) is 0 Å². The van der Waals surface area contributed by atoms with Crippen molar-refractivity contribution in [1.82, 2.24) is 4.98 Å². The van der Waals surface area contributed by atoms with Crippen molar-refractivity contribution in [3.63, 3.8) is 0 Å². The second kappa shape index (κ2) is 5.63. The zero-order valence-corrected chi connectivity index (χ0v) is 10.5. The first-order valence-electron chi connectivity index (χ1n) is 6.29. The third kappa shape index (κ3) is 3.06. The Labute approximate surface area is 106 Å². The van der Waals surface area contributed by atoms with E-state index in [1.54, 1.807) is 6.07 Å². The van der Waals surface area contributed by atoms with Crippen LogP contribution >= 0.6 is 0 Å². The number of hydrogen-bond acceptors (Lipinski definition) is 2. The standard InChI is InChI=1S/C15H17NO2/c1-2-3-4-11-5-8-14-12(9-11)6-7-13(16-14)10-15(17)18/h5-9H,2-4,10H2,1H3,(H,17,18). The van der Waals surface area contributed by atoms with Crippen molar-refractivity contribution in [1.29, 1.82) is 0 Å². The van der Waals surface area contributed by atoms with E-state index in [4.69, 9.17) is 5.11 Å². The molecule has 0 fully saturated rings. The third-order valence-electron chi connectivity index (χ3n) is 2.96. The van der Waals surface area contributed by atoms with Crippen LogP contribution in [-0.2, 0) is 17.6 Å². The van der Waals surface area contributed by atoms with Crippen molar-refractivity contribution in [2.45, 2.75) is 32.6 Å². The van der Waals surface area contributed by atoms with Crippen molar-refractivity contribution >= 4 is 16.9 Å². The summed E-state index contributed by atoms with van der Waals surface area (Å²) in [6.07, 6.45) is 3.45. The van der Waals surface area contributed by atoms with E-state index in [0.29, 0.717) is 5.69 Å². The van der Waals surface area contributed by atoms with Gasteiger partial charge in [0.05, 0.1) is 17.6 Å². The maximum atomic E-state index is 10.6. The third-order valence-corrected chi connectivity index (χ3v) is 2.96. The number of pyridine rings is 1. The highest BCUT2D eigenvalue weighted by Gasteiger charge is 2.04. The van der Waals surface area contributed by atoms with E-state index < -0.39 is 5.97 Å². The highest BCUT2D eigenvalue weighted by Crippen LogP contribution is 2.16. The van der Waals surface area contributed by atoms with E-state index >= 15 is 0 Å². The number of rotatable bonds is 5. The molecule has 2 rings (SSSR count). The number of unbranched alkanes of at least 4 members (excludes halogenated alkanes) is 1. The van der Waals surface area contributed by atoms with Crippen LogP contribution < -0.4 is 0 Å². The van der Waals surface area contributed by atoms with Gasteiger partial charge in [-0.05, 0) is 36.6 Å². The lowest BCUT2D eigenvalue weighted by molar-refractivity contribution is -0.136. The predicted octanol–water partition coefficient (Wildman–Crippen LogP) is 3.20. The smallest absolute Gasteiger partial charge is 0.309 e. The number of aromatic nitrogens is 1. The summed E-state index contributed by atoms with van der Waals surface area (Å²) in [5, 5.41) is 9.82. The van der Waals surface area contributed by atoms with Crippen molar-refractivity contribution in [3.8, 4) is 0 Å². The molecule has 0 saturated carbocycles. The SMILES string of the molecule is CCCCc1ccc2nc(CC(=O)O)ccc2c1. The first kappa shape index (κ1) is 12.6. The Balaban J connectivity index is 2.27. The number of aryl methyl sites for hydroxylation is 1. The van der Waals surface area contributed by atoms with Gasteiger partial charge in [-0.2, -0.15) is 0 Å². The predicted molar refractivity (Wildman–Crippen MR) is 71.7 cm³/mol. The molecule has 0 aliphatic carbocycles. The van der Waals surface area contributed by atoms with E-state index in [1.165, 1.54) is 18.4 Å². The molecule has 0 bridgehead atoms. The van der Waals surface area contributed by atoms with Crippen LogP contribution in [0.15, 0.2) is 30.3 Å². The molecule has 1 aromatic heterocycles. The average molecular weight is 243 g/mol. The van der Waals surface area contributed by atoms with Crippen LogP contribution in [0.3, 0.4) is 0 Å². The summed E-state index contributed by atoms with van der Waals surface area (Å²) in [5.74, 6) is -0.846. The number of fused-ring (bicyclic) bond motifs is 1. The second-order valence-corrected chi connectivity index (χ2v) is 4.50. The Morgan fingerprint density at radius 3 is 2.83 bits per heavy atom. The number of carboxylic acids is 1. The minimum absolute atomic E-state index is 0.0203. The Morgan fingerprint density at radius 1 is 1.28 bits per heavy atom. The van der Waals surface area contributed by atoms with Crippen molar-refractivity contribution in [2.75, 3.05) is 0 Å². The molecular weight excluding hydrogens is 226 g/mol. The minimum Gasteiger partial charge on any atom is -0.481 e. The summed E-state index contributed by atoms with van der Waals surface area (Å²) in [7, 11) is 0. The van der Waals surface area contributed by atoms with E-state index in [9.17, 15) is 4.79 Å². The molecule has 0 atom stereocenters. The molecule has 0 spiro atoms. The lowest BCUT2D eigenvalue weighted by Gasteiger charge is -2.04. The first-order chi connectivity index (χ1) is 8.69. The number of nitrogens with zero attached hydrogens (tertiary/aromatic N) is 1. The molecule has 1 N–H and O–H groups in total. The fourth-order valence-electron chi connectivity index (χ4n) is 2.01. The topological polar surface area (TPSA) is 50.2 Å². The van der Waals surface area contributed by atoms with Crippen LogP contribution in [0, 0.1) is 0 Å². The lowest BCUT2D eigenvalue weighted by Crippen LogP contribution is -2.02. The van der Waals surface area contributed by atoms with Crippen LogP contribution in [-0.4, -0.2) is 16.1 Å². The van der Waals surface area contributed by atoms with Crippen LogP contribution in [0.25, 0.3) is 10.9 Å². The molecule has 2 aromatic rings. The number of carboxylic acid groups (broad SMARTS) is 1. The monoisotopic (exact) mass is 243 g/mol. The van der Waals surface area contributed by atoms with Gasteiger partial charge in [-0.1, -0.05) is 25.5 Å². The summed E-state index contributed by atoms with van der Waals surface area (Å²) in [4.78, 5) is 15.0. The molecule has 0 unspecified atom stereocenters. The summed E-state index contributed by atoms with van der Waals surface area (Å²) in [6, 6.07) is 9.94. The van der Waals surface area contributed by atoms with E-state index in [1.807, 2.05) is 12.1 Å². The molecule has 3 heteroatoms. The highest BCUT2D eigenvalue weighted by molar-refractivity contribution is 5.80. The molecule has 1 heterocycles. The Hall–Kier alpha value is -1.90. The molecule has 0 radical (unpaired) electrons. The summed E-state index contributed by atoms with van der Waals surface area (Å²) in [6.45, 7) is 2.18. The molecular formula is C15H17NO2. The zero-order chi connectivity index (χ0) is 13.0. The fourth-order valence-corrected chi connectivity index (χ4v) is 2.01. The number of hydrogen-bond donors (Lipinski definition) is 1. The maximum absolute atomic E-state index is 10.6. The molecule has 3 nitrogen and oxygen atoms in total. The largest absolute Gasteiger partial charge is 0.481 e. The fraction of sp³-hybridized carbons (Fsp3) is 0.333. The van der Waals surface area contributed by atoms with E-state index in [0.717, 1.165) is 17.3 Å². The summed E-state index contributed by atoms with van der Waals surface area (Å²) >= 11 is 0. The van der Waals surface area contributed by atoms with Crippen LogP contribution in [0.1, 0.15) is 31.0 Å². The normalized spacial score (nSPS) is 10.7. The molecule has 0 aliphatic heterocycles. The molecule has 18 heavy (non-hydrogen) atoms. The molecule has 0 amide bonds. The average Bonchev–Trinajstić information content (AvgIpc) is 2.35. The van der Waals surface area contributed by atoms with Gasteiger partial charge in [0, 0.05) is 5.39 Å². The Kier molecular flexibility index (Phi) is 3.92. The quantitative estimate of drug-likeness (QED) is 0.877. The van der Waals surface area contributed by atoms with Gasteiger partial charge in [0.1, 0.15) is 0 Å². The van der Waals surface area contributed by atoms with E-state index in [-0.39, 0.29) is 6.42 Å². The van der Waals surface area contributed by atoms with Crippen molar-refractivity contribution in [2.24, 2.45) is 0 Å². The summed E-state index contributed by atoms with van der Waals surface area (Å²) < 4.78 is 0. The van der Waals surface area contributed by atoms with Gasteiger partial charge < -0.3 is 5.11 Å². The van der Waals surface area contributed by atoms with Crippen LogP contribution in [0.4, 0.5) is 0 Å². The van der Waals surface area contributed by atoms with Gasteiger partial charge in [0.25, 0.3) is 0 Å². The molecule has 1 aromatic carbocycles. The second-order valence-electron chi connectivity index (χ2n) is 4.50. The molecule has 0 saturated heterocycles. The van der Waals surface area contributed by atoms with Gasteiger partial charge in [0.2, 0.25) is 0 Å². The van der Waals surface area contributed by atoms with Crippen molar-refractivity contribution < 1.29 is 9.90 Å². The zero-order valence-electron chi connectivity index (χ0n) is 10.5. The Bertz CT molecular complexity index is 563.